The molecule has 1 aliphatic rings. The molecule has 1 aromatic rings. The fourth-order valence-electron chi connectivity index (χ4n) is 2.81. The van der Waals surface area contributed by atoms with E-state index >= 15 is 0 Å². The number of likely N-dealkylation sites (tertiary alicyclic amines) is 1. The topological polar surface area (TPSA) is 79.4 Å². The lowest BCUT2D eigenvalue weighted by Gasteiger charge is -2.31. The molecule has 5 nitrogen and oxygen atoms in total. The molecule has 0 saturated carbocycles. The third kappa shape index (κ3) is 4.98. The van der Waals surface area contributed by atoms with Crippen LogP contribution in [0.15, 0.2) is 24.3 Å². The lowest BCUT2D eigenvalue weighted by molar-refractivity contribution is -0.135. The second-order valence-electron chi connectivity index (χ2n) is 7.27. The van der Waals surface area contributed by atoms with Crippen LogP contribution in [0.5, 0.6) is 5.75 Å². The average molecular weight is 317 g/mol. The highest BCUT2D eigenvalue weighted by atomic mass is 16.5. The number of hydrogen-bond acceptors (Lipinski definition) is 3. The lowest BCUT2D eigenvalue weighted by atomic mass is 9.87. The van der Waals surface area contributed by atoms with Crippen LogP contribution in [0.3, 0.4) is 0 Å². The molecule has 5 heteroatoms. The Labute approximate surface area is 138 Å². The summed E-state index contributed by atoms with van der Waals surface area (Å²) < 4.78 is 5.44. The molecule has 0 unspecified atom stereocenters. The minimum atomic E-state index is -0.185. The van der Waals surface area contributed by atoms with E-state index in [2.05, 4.69) is 20.8 Å². The normalized spacial score (nSPS) is 16.2. The fraction of sp³-hybridized carbons (Fsp3) is 0.556. The number of carbonyl (C=O) groups excluding carboxylic acids is 1. The van der Waals surface area contributed by atoms with Gasteiger partial charge in [-0.05, 0) is 41.9 Å². The third-order valence-electron chi connectivity index (χ3n) is 4.36. The first-order chi connectivity index (χ1) is 10.8. The summed E-state index contributed by atoms with van der Waals surface area (Å²) in [5.74, 6) is 0.843. The number of guanidine groups is 1. The number of ether oxygens (including phenoxy) is 1. The van der Waals surface area contributed by atoms with Crippen LogP contribution in [-0.4, -0.2) is 29.9 Å². The molecule has 0 aromatic heterocycles. The molecule has 2 rings (SSSR count). The number of carbonyl (C=O) groups is 1. The zero-order valence-electron chi connectivity index (χ0n) is 14.3. The molecular formula is C18H27N3O2. The van der Waals surface area contributed by atoms with Crippen molar-refractivity contribution in [2.24, 2.45) is 11.7 Å². The van der Waals surface area contributed by atoms with Crippen molar-refractivity contribution < 1.29 is 9.53 Å². The van der Waals surface area contributed by atoms with Gasteiger partial charge in [0, 0.05) is 19.5 Å². The molecule has 3 N–H and O–H groups in total. The van der Waals surface area contributed by atoms with E-state index in [9.17, 15) is 4.79 Å². The lowest BCUT2D eigenvalue weighted by Crippen LogP contribution is -2.42. The second kappa shape index (κ2) is 7.02. The fourth-order valence-corrected chi connectivity index (χ4v) is 2.81. The quantitative estimate of drug-likeness (QED) is 0.389. The van der Waals surface area contributed by atoms with Crippen LogP contribution in [-0.2, 0) is 10.2 Å². The van der Waals surface area contributed by atoms with Gasteiger partial charge >= 0.3 is 5.97 Å². The highest BCUT2D eigenvalue weighted by molar-refractivity contribution is 5.75. The standard InChI is InChI=1S/C18H27N3O2/c1-18(2,3)14-4-6-15(7-5-14)23-16(22)12-13-8-10-21(11-9-13)17(19)20/h4-7,13H,8-12H2,1-3H3,(H3,19,20). The maximum atomic E-state index is 12.1. The summed E-state index contributed by atoms with van der Waals surface area (Å²) in [6.45, 7) is 7.95. The first-order valence-corrected chi connectivity index (χ1v) is 8.16. The molecule has 0 bridgehead atoms. The highest BCUT2D eigenvalue weighted by Crippen LogP contribution is 2.25. The van der Waals surface area contributed by atoms with Gasteiger partial charge < -0.3 is 15.4 Å². The number of hydrogen-bond donors (Lipinski definition) is 2. The largest absolute Gasteiger partial charge is 0.427 e. The van der Waals surface area contributed by atoms with Crippen LogP contribution in [0.25, 0.3) is 0 Å². The van der Waals surface area contributed by atoms with Crippen LogP contribution in [0.4, 0.5) is 0 Å². The van der Waals surface area contributed by atoms with Crippen LogP contribution in [0.2, 0.25) is 0 Å². The summed E-state index contributed by atoms with van der Waals surface area (Å²) in [4.78, 5) is 13.9. The molecule has 1 saturated heterocycles. The van der Waals surface area contributed by atoms with Gasteiger partial charge in [0.1, 0.15) is 5.75 Å². The van der Waals surface area contributed by atoms with Gasteiger partial charge in [0.05, 0.1) is 0 Å². The molecule has 126 valence electrons. The molecule has 0 amide bonds. The molecule has 0 aliphatic carbocycles. The summed E-state index contributed by atoms with van der Waals surface area (Å²) in [6, 6.07) is 7.73. The van der Waals surface area contributed by atoms with Crippen molar-refractivity contribution in [1.29, 1.82) is 5.41 Å². The summed E-state index contributed by atoms with van der Waals surface area (Å²) >= 11 is 0. The molecule has 23 heavy (non-hydrogen) atoms. The van der Waals surface area contributed by atoms with Gasteiger partial charge in [0.15, 0.2) is 5.96 Å². The van der Waals surface area contributed by atoms with Crippen LogP contribution in [0.1, 0.15) is 45.6 Å². The van der Waals surface area contributed by atoms with Gasteiger partial charge in [-0.2, -0.15) is 0 Å². The number of esters is 1. The second-order valence-corrected chi connectivity index (χ2v) is 7.27. The van der Waals surface area contributed by atoms with E-state index in [-0.39, 0.29) is 17.3 Å². The number of nitrogens with zero attached hydrogens (tertiary/aromatic N) is 1. The Kier molecular flexibility index (Phi) is 5.29. The van der Waals surface area contributed by atoms with Crippen molar-refractivity contribution in [3.05, 3.63) is 29.8 Å². The summed E-state index contributed by atoms with van der Waals surface area (Å²) in [6.07, 6.45) is 2.17. The third-order valence-corrected chi connectivity index (χ3v) is 4.36. The maximum absolute atomic E-state index is 12.1. The van der Waals surface area contributed by atoms with Crippen molar-refractivity contribution in [3.63, 3.8) is 0 Å². The van der Waals surface area contributed by atoms with Gasteiger partial charge in [-0.25, -0.2) is 0 Å². The first kappa shape index (κ1) is 17.3. The van der Waals surface area contributed by atoms with Crippen LogP contribution >= 0.6 is 0 Å². The van der Waals surface area contributed by atoms with Crippen LogP contribution in [0, 0.1) is 11.3 Å². The van der Waals surface area contributed by atoms with Crippen molar-refractivity contribution in [3.8, 4) is 5.75 Å². The molecule has 1 aromatic carbocycles. The highest BCUT2D eigenvalue weighted by Gasteiger charge is 2.23. The Hall–Kier alpha value is -2.04. The first-order valence-electron chi connectivity index (χ1n) is 8.16. The van der Waals surface area contributed by atoms with Gasteiger partial charge in [-0.15, -0.1) is 0 Å². The van der Waals surface area contributed by atoms with E-state index in [1.54, 1.807) is 0 Å². The smallest absolute Gasteiger partial charge is 0.311 e. The van der Waals surface area contributed by atoms with Crippen molar-refractivity contribution >= 4 is 11.9 Å². The molecule has 0 radical (unpaired) electrons. The predicted molar refractivity (Wildman–Crippen MR) is 91.6 cm³/mol. The number of piperidine rings is 1. The van der Waals surface area contributed by atoms with E-state index in [1.165, 1.54) is 5.56 Å². The summed E-state index contributed by atoms with van der Waals surface area (Å²) in [5, 5.41) is 7.42. The number of benzene rings is 1. The predicted octanol–water partition coefficient (Wildman–Crippen LogP) is 2.89. The SMILES string of the molecule is CC(C)(C)c1ccc(OC(=O)CC2CCN(C(=N)N)CC2)cc1. The van der Waals surface area contributed by atoms with E-state index in [4.69, 9.17) is 15.9 Å². The van der Waals surface area contributed by atoms with Gasteiger partial charge in [-0.3, -0.25) is 10.2 Å². The van der Waals surface area contributed by atoms with E-state index in [0.717, 1.165) is 25.9 Å². The minimum absolute atomic E-state index is 0.0905. The van der Waals surface area contributed by atoms with Crippen molar-refractivity contribution in [2.75, 3.05) is 13.1 Å². The average Bonchev–Trinajstić information content (AvgIpc) is 2.47. The Morgan fingerprint density at radius 3 is 2.30 bits per heavy atom. The van der Waals surface area contributed by atoms with E-state index < -0.39 is 0 Å². The molecule has 0 atom stereocenters. The Balaban J connectivity index is 1.82. The van der Waals surface area contributed by atoms with Gasteiger partial charge in [0.2, 0.25) is 0 Å². The molecule has 0 spiro atoms. The van der Waals surface area contributed by atoms with Crippen LogP contribution < -0.4 is 10.5 Å². The Morgan fingerprint density at radius 1 is 1.26 bits per heavy atom. The Bertz CT molecular complexity index is 553. The number of rotatable bonds is 3. The van der Waals surface area contributed by atoms with Gasteiger partial charge in [0.25, 0.3) is 0 Å². The molecule has 1 heterocycles. The Morgan fingerprint density at radius 2 is 1.83 bits per heavy atom. The summed E-state index contributed by atoms with van der Waals surface area (Å²) in [5.41, 5.74) is 6.78. The monoisotopic (exact) mass is 317 g/mol. The van der Waals surface area contributed by atoms with Crippen molar-refractivity contribution in [2.45, 2.75) is 45.4 Å². The molecule has 1 fully saturated rings. The van der Waals surface area contributed by atoms with Crippen molar-refractivity contribution in [1.82, 2.24) is 4.90 Å². The van der Waals surface area contributed by atoms with E-state index in [1.807, 2.05) is 29.2 Å². The number of nitrogens with one attached hydrogen (secondary N) is 1. The molecule has 1 aliphatic heterocycles. The zero-order valence-corrected chi connectivity index (χ0v) is 14.3. The number of nitrogens with two attached hydrogens (primary N) is 1. The maximum Gasteiger partial charge on any atom is 0.311 e. The van der Waals surface area contributed by atoms with E-state index in [0.29, 0.717) is 18.1 Å². The molecular weight excluding hydrogens is 290 g/mol. The minimum Gasteiger partial charge on any atom is -0.427 e. The zero-order chi connectivity index (χ0) is 17.0. The van der Waals surface area contributed by atoms with Gasteiger partial charge in [-0.1, -0.05) is 32.9 Å². The summed E-state index contributed by atoms with van der Waals surface area (Å²) in [7, 11) is 0.